The van der Waals surface area contributed by atoms with Crippen LogP contribution >= 0.6 is 0 Å². The van der Waals surface area contributed by atoms with E-state index in [1.165, 1.54) is 12.8 Å². The number of ether oxygens (including phenoxy) is 2. The number of hydrogen-bond donors (Lipinski definition) is 2. The minimum atomic E-state index is -1.26. The maximum Gasteiger partial charge on any atom is 0.347 e. The van der Waals surface area contributed by atoms with Crippen molar-refractivity contribution in [1.82, 2.24) is 4.90 Å². The van der Waals surface area contributed by atoms with Gasteiger partial charge in [0, 0.05) is 24.2 Å². The van der Waals surface area contributed by atoms with Gasteiger partial charge in [-0.05, 0) is 62.6 Å². The van der Waals surface area contributed by atoms with Gasteiger partial charge in [0.1, 0.15) is 11.9 Å². The van der Waals surface area contributed by atoms with Gasteiger partial charge in [-0.3, -0.25) is 0 Å². The normalized spacial score (nSPS) is 22.9. The van der Waals surface area contributed by atoms with Crippen LogP contribution in [0.4, 0.5) is 0 Å². The maximum atomic E-state index is 12.4. The second kappa shape index (κ2) is 11.0. The lowest BCUT2D eigenvalue weighted by Gasteiger charge is -2.36. The van der Waals surface area contributed by atoms with Crippen molar-refractivity contribution in [2.24, 2.45) is 0 Å². The molecule has 0 aromatic heterocycles. The van der Waals surface area contributed by atoms with Gasteiger partial charge in [0.05, 0.1) is 0 Å². The lowest BCUT2D eigenvalue weighted by atomic mass is 10.0. The van der Waals surface area contributed by atoms with E-state index in [1.807, 2.05) is 36.4 Å². The highest BCUT2D eigenvalue weighted by Gasteiger charge is 2.40. The van der Waals surface area contributed by atoms with Crippen LogP contribution in [0.25, 0.3) is 10.8 Å². The third kappa shape index (κ3) is 6.79. The number of carbonyl (C=O) groups is 3. The smallest absolute Gasteiger partial charge is 0.347 e. The van der Waals surface area contributed by atoms with E-state index in [0.717, 1.165) is 23.6 Å². The number of hydrogen-bond acceptors (Lipinski definition) is 6. The Labute approximate surface area is 192 Å². The molecule has 2 saturated heterocycles. The van der Waals surface area contributed by atoms with Gasteiger partial charge in [-0.2, -0.15) is 0 Å². The van der Waals surface area contributed by atoms with Crippen LogP contribution in [-0.4, -0.2) is 64.4 Å². The van der Waals surface area contributed by atoms with E-state index in [-0.39, 0.29) is 12.1 Å². The van der Waals surface area contributed by atoms with Crippen LogP contribution in [0, 0.1) is 0 Å². The lowest BCUT2D eigenvalue weighted by Crippen LogP contribution is -2.44. The molecule has 2 heterocycles. The molecule has 2 aliphatic rings. The highest BCUT2D eigenvalue weighted by molar-refractivity contribution is 5.89. The summed E-state index contributed by atoms with van der Waals surface area (Å²) in [6.07, 6.45) is 4.88. The Morgan fingerprint density at radius 3 is 2.12 bits per heavy atom. The molecule has 8 heteroatoms. The van der Waals surface area contributed by atoms with Gasteiger partial charge in [0.25, 0.3) is 0 Å². The van der Waals surface area contributed by atoms with Gasteiger partial charge in [-0.1, -0.05) is 30.3 Å². The molecule has 33 heavy (non-hydrogen) atoms. The molecule has 2 bridgehead atoms. The fraction of sp³-hybridized carbons (Fsp3) is 0.400. The molecule has 0 saturated carbocycles. The Hall–Kier alpha value is -3.39. The number of piperidine rings is 1. The van der Waals surface area contributed by atoms with E-state index in [4.69, 9.17) is 19.7 Å². The molecule has 0 aliphatic carbocycles. The van der Waals surface area contributed by atoms with E-state index in [0.29, 0.717) is 30.0 Å². The summed E-state index contributed by atoms with van der Waals surface area (Å²) in [5.41, 5.74) is 0. The van der Waals surface area contributed by atoms with Crippen molar-refractivity contribution in [3.8, 4) is 5.75 Å². The van der Waals surface area contributed by atoms with E-state index >= 15 is 0 Å². The van der Waals surface area contributed by atoms with Gasteiger partial charge in [0.2, 0.25) is 0 Å². The number of benzene rings is 2. The summed E-state index contributed by atoms with van der Waals surface area (Å²) in [4.78, 5) is 34.0. The first kappa shape index (κ1) is 24.3. The van der Waals surface area contributed by atoms with Crippen molar-refractivity contribution >= 4 is 28.7 Å². The Morgan fingerprint density at radius 2 is 1.55 bits per heavy atom. The molecule has 0 radical (unpaired) electrons. The van der Waals surface area contributed by atoms with E-state index in [1.54, 1.807) is 6.92 Å². The average molecular weight is 456 g/mol. The van der Waals surface area contributed by atoms with Crippen LogP contribution in [0.3, 0.4) is 0 Å². The predicted octanol–water partition coefficient (Wildman–Crippen LogP) is 3.49. The molecule has 176 valence electrons. The van der Waals surface area contributed by atoms with Gasteiger partial charge in [-0.15, -0.1) is 0 Å². The maximum absolute atomic E-state index is 12.4. The summed E-state index contributed by atoms with van der Waals surface area (Å²) in [5, 5.41) is 17.9. The average Bonchev–Trinajstić information content (AvgIpc) is 2.98. The highest BCUT2D eigenvalue weighted by atomic mass is 16.6. The number of nitrogens with zero attached hydrogens (tertiary/aromatic N) is 1. The van der Waals surface area contributed by atoms with Gasteiger partial charge in [0.15, 0.2) is 6.10 Å². The standard InChI is InChI=1S/C21H25NO3.C4H4O4/c1-14(24-19-10-7-15-5-3-4-6-16(15)11-19)21(23)25-20-12-17-8-9-18(13-20)22(17)2;5-3(6)1-2-4(7)8/h3-7,10-11,14,17-18,20H,8-9,12-13H2,1-2H3;1-2H,(H,5,6)(H,7,8)/b;2-1-. The van der Waals surface area contributed by atoms with Gasteiger partial charge in [-0.25, -0.2) is 14.4 Å². The Morgan fingerprint density at radius 1 is 0.970 bits per heavy atom. The quantitative estimate of drug-likeness (QED) is 0.503. The van der Waals surface area contributed by atoms with Crippen molar-refractivity contribution in [2.75, 3.05) is 7.05 Å². The number of esters is 1. The number of fused-ring (bicyclic) bond motifs is 3. The highest BCUT2D eigenvalue weighted by Crippen LogP contribution is 2.35. The number of aliphatic carboxylic acids is 2. The molecule has 2 aromatic rings. The number of carbonyl (C=O) groups excluding carboxylic acids is 1. The van der Waals surface area contributed by atoms with Crippen LogP contribution in [0.5, 0.6) is 5.75 Å². The van der Waals surface area contributed by atoms with Crippen molar-refractivity contribution in [3.05, 3.63) is 54.6 Å². The summed E-state index contributed by atoms with van der Waals surface area (Å²) in [7, 11) is 2.19. The number of carboxylic acids is 2. The van der Waals surface area contributed by atoms with Crippen LogP contribution in [0.2, 0.25) is 0 Å². The summed E-state index contributed by atoms with van der Waals surface area (Å²) in [6, 6.07) is 15.1. The number of rotatable bonds is 6. The first-order chi connectivity index (χ1) is 15.7. The van der Waals surface area contributed by atoms with E-state index in [9.17, 15) is 14.4 Å². The molecule has 3 unspecified atom stereocenters. The molecular weight excluding hydrogens is 426 g/mol. The molecule has 2 fully saturated rings. The zero-order valence-corrected chi connectivity index (χ0v) is 18.7. The Kier molecular flexibility index (Phi) is 8.06. The van der Waals surface area contributed by atoms with Crippen molar-refractivity contribution in [2.45, 2.75) is 56.9 Å². The fourth-order valence-electron chi connectivity index (χ4n) is 4.35. The first-order valence-corrected chi connectivity index (χ1v) is 10.9. The summed E-state index contributed by atoms with van der Waals surface area (Å²) in [6.45, 7) is 1.76. The van der Waals surface area contributed by atoms with E-state index in [2.05, 4.69) is 18.0 Å². The molecule has 2 aliphatic heterocycles. The minimum Gasteiger partial charge on any atom is -0.479 e. The second-order valence-corrected chi connectivity index (χ2v) is 8.36. The third-order valence-electron chi connectivity index (χ3n) is 6.07. The van der Waals surface area contributed by atoms with Crippen molar-refractivity contribution in [3.63, 3.8) is 0 Å². The Balaban J connectivity index is 0.000000331. The van der Waals surface area contributed by atoms with Crippen LogP contribution in [-0.2, 0) is 19.1 Å². The molecule has 2 aromatic carbocycles. The van der Waals surface area contributed by atoms with Gasteiger partial charge < -0.3 is 24.6 Å². The Bertz CT molecular complexity index is 1000. The largest absolute Gasteiger partial charge is 0.479 e. The molecule has 3 atom stereocenters. The summed E-state index contributed by atoms with van der Waals surface area (Å²) >= 11 is 0. The monoisotopic (exact) mass is 455 g/mol. The zero-order valence-electron chi connectivity index (χ0n) is 18.7. The SMILES string of the molecule is CC(Oc1ccc2ccccc2c1)C(=O)OC1CC2CCC(C1)N2C.O=C(O)/C=C\C(=O)O. The number of carboxylic acid groups (broad SMARTS) is 2. The molecule has 8 nitrogen and oxygen atoms in total. The molecular formula is C25H29NO7. The topological polar surface area (TPSA) is 113 Å². The third-order valence-corrected chi connectivity index (χ3v) is 6.07. The van der Waals surface area contributed by atoms with Crippen LogP contribution in [0.15, 0.2) is 54.6 Å². The molecule has 4 rings (SSSR count). The van der Waals surface area contributed by atoms with Crippen molar-refractivity contribution in [1.29, 1.82) is 0 Å². The zero-order chi connectivity index (χ0) is 24.0. The molecule has 0 spiro atoms. The second-order valence-electron chi connectivity index (χ2n) is 8.36. The van der Waals surface area contributed by atoms with Crippen LogP contribution < -0.4 is 4.74 Å². The summed E-state index contributed by atoms with van der Waals surface area (Å²) < 4.78 is 11.6. The van der Waals surface area contributed by atoms with E-state index < -0.39 is 18.0 Å². The van der Waals surface area contributed by atoms with Gasteiger partial charge >= 0.3 is 17.9 Å². The summed E-state index contributed by atoms with van der Waals surface area (Å²) in [5.74, 6) is -2.08. The fourth-order valence-corrected chi connectivity index (χ4v) is 4.35. The van der Waals surface area contributed by atoms with Crippen LogP contribution in [0.1, 0.15) is 32.6 Å². The lowest BCUT2D eigenvalue weighted by molar-refractivity contribution is -0.160. The predicted molar refractivity (Wildman–Crippen MR) is 122 cm³/mol. The first-order valence-electron chi connectivity index (χ1n) is 10.9. The van der Waals surface area contributed by atoms with Crippen molar-refractivity contribution < 1.29 is 34.1 Å². The molecule has 2 N–H and O–H groups in total. The minimum absolute atomic E-state index is 0.0313. The molecule has 0 amide bonds.